The van der Waals surface area contributed by atoms with Gasteiger partial charge in [-0.2, -0.15) is 0 Å². The van der Waals surface area contributed by atoms with Crippen LogP contribution in [0.25, 0.3) is 11.1 Å². The summed E-state index contributed by atoms with van der Waals surface area (Å²) in [7, 11) is 5.42. The van der Waals surface area contributed by atoms with E-state index in [1.54, 1.807) is 13.3 Å². The molecule has 2 aromatic heterocycles. The lowest BCUT2D eigenvalue weighted by Crippen LogP contribution is -2.35. The van der Waals surface area contributed by atoms with E-state index in [0.717, 1.165) is 40.8 Å². The number of rotatable bonds is 7. The number of ether oxygens (including phenoxy) is 2. The van der Waals surface area contributed by atoms with Gasteiger partial charge in [0.05, 0.1) is 18.8 Å². The Bertz CT molecular complexity index is 1180. The largest absolute Gasteiger partial charge is 0.493 e. The van der Waals surface area contributed by atoms with Gasteiger partial charge in [-0.1, -0.05) is 6.07 Å². The molecule has 0 radical (unpaired) electrons. The lowest BCUT2D eigenvalue weighted by atomic mass is 9.98. The maximum atomic E-state index is 13.3. The summed E-state index contributed by atoms with van der Waals surface area (Å²) in [5.41, 5.74) is 4.91. The van der Waals surface area contributed by atoms with E-state index in [-0.39, 0.29) is 18.6 Å². The fourth-order valence-corrected chi connectivity index (χ4v) is 4.30. The van der Waals surface area contributed by atoms with Gasteiger partial charge in [0.2, 0.25) is 5.95 Å². The van der Waals surface area contributed by atoms with Crippen molar-refractivity contribution < 1.29 is 14.3 Å². The lowest BCUT2D eigenvalue weighted by molar-refractivity contribution is -0.134. The van der Waals surface area contributed by atoms with E-state index < -0.39 is 0 Å². The number of hydrogen-bond donors (Lipinski definition) is 0. The lowest BCUT2D eigenvalue weighted by Gasteiger charge is -2.27. The normalized spacial score (nSPS) is 15.3. The third kappa shape index (κ3) is 4.81. The summed E-state index contributed by atoms with van der Waals surface area (Å²) in [6.45, 7) is 4.60. The molecule has 0 bridgehead atoms. The van der Waals surface area contributed by atoms with Crippen LogP contribution in [0.4, 0.5) is 5.95 Å². The first kappa shape index (κ1) is 23.5. The van der Waals surface area contributed by atoms with Gasteiger partial charge in [-0.15, -0.1) is 0 Å². The molecule has 3 heterocycles. The van der Waals surface area contributed by atoms with Gasteiger partial charge in [0, 0.05) is 44.8 Å². The van der Waals surface area contributed by atoms with E-state index in [1.807, 2.05) is 74.4 Å². The third-order valence-electron chi connectivity index (χ3n) is 6.08. The van der Waals surface area contributed by atoms with Gasteiger partial charge in [0.15, 0.2) is 18.1 Å². The zero-order valence-corrected chi connectivity index (χ0v) is 20.4. The predicted octanol–water partition coefficient (Wildman–Crippen LogP) is 3.97. The summed E-state index contributed by atoms with van der Waals surface area (Å²) in [5.74, 6) is 1.72. The zero-order chi connectivity index (χ0) is 24.2. The molecule has 1 aromatic carbocycles. The van der Waals surface area contributed by atoms with Gasteiger partial charge in [0.1, 0.15) is 0 Å². The minimum absolute atomic E-state index is 0.0643. The Labute approximate surface area is 200 Å². The zero-order valence-electron chi connectivity index (χ0n) is 20.4. The smallest absolute Gasteiger partial charge is 0.261 e. The highest BCUT2D eigenvalue weighted by Crippen LogP contribution is 2.38. The van der Waals surface area contributed by atoms with Crippen LogP contribution in [0.3, 0.4) is 0 Å². The molecule has 1 aliphatic rings. The number of benzene rings is 1. The Morgan fingerprint density at radius 3 is 2.71 bits per heavy atom. The van der Waals surface area contributed by atoms with Crippen LogP contribution < -0.4 is 14.4 Å². The first-order chi connectivity index (χ1) is 16.4. The van der Waals surface area contributed by atoms with Crippen LogP contribution in [0.1, 0.15) is 35.7 Å². The predicted molar refractivity (Wildman–Crippen MR) is 131 cm³/mol. The van der Waals surface area contributed by atoms with Crippen molar-refractivity contribution in [3.63, 3.8) is 0 Å². The molecule has 1 atom stereocenters. The van der Waals surface area contributed by atoms with Crippen LogP contribution in [0, 0.1) is 13.8 Å². The number of nitrogens with zero attached hydrogens (tertiary/aromatic N) is 5. The van der Waals surface area contributed by atoms with Crippen molar-refractivity contribution in [1.29, 1.82) is 0 Å². The van der Waals surface area contributed by atoms with Crippen molar-refractivity contribution in [3.8, 4) is 22.6 Å². The molecule has 178 valence electrons. The highest BCUT2D eigenvalue weighted by atomic mass is 16.5. The number of hydrogen-bond acceptors (Lipinski definition) is 7. The van der Waals surface area contributed by atoms with Gasteiger partial charge in [-0.3, -0.25) is 9.78 Å². The summed E-state index contributed by atoms with van der Waals surface area (Å²) in [6.07, 6.45) is 7.20. The quantitative estimate of drug-likeness (QED) is 0.527. The Morgan fingerprint density at radius 1 is 1.15 bits per heavy atom. The maximum Gasteiger partial charge on any atom is 0.261 e. The molecule has 1 amide bonds. The van der Waals surface area contributed by atoms with E-state index in [0.29, 0.717) is 24.0 Å². The summed E-state index contributed by atoms with van der Waals surface area (Å²) in [5, 5.41) is 0. The van der Waals surface area contributed by atoms with Crippen molar-refractivity contribution in [3.05, 3.63) is 59.7 Å². The average molecular weight is 462 g/mol. The number of amides is 1. The number of methoxy groups -OCH3 is 1. The Kier molecular flexibility index (Phi) is 6.95. The number of carbonyl (C=O) groups excluding carboxylic acids is 1. The van der Waals surface area contributed by atoms with Gasteiger partial charge < -0.3 is 19.3 Å². The van der Waals surface area contributed by atoms with Gasteiger partial charge >= 0.3 is 0 Å². The minimum atomic E-state index is -0.153. The molecule has 1 aliphatic heterocycles. The second-order valence-electron chi connectivity index (χ2n) is 8.74. The fraction of sp³-hybridized carbons (Fsp3) is 0.385. The fourth-order valence-electron chi connectivity index (χ4n) is 4.30. The molecule has 34 heavy (non-hydrogen) atoms. The second-order valence-corrected chi connectivity index (χ2v) is 8.74. The Hall–Kier alpha value is -3.68. The van der Waals surface area contributed by atoms with Crippen LogP contribution in [0.2, 0.25) is 0 Å². The van der Waals surface area contributed by atoms with Crippen molar-refractivity contribution in [1.82, 2.24) is 19.9 Å². The Morgan fingerprint density at radius 2 is 1.97 bits per heavy atom. The van der Waals surface area contributed by atoms with E-state index in [4.69, 9.17) is 14.5 Å². The molecule has 3 aromatic rings. The molecule has 4 rings (SSSR count). The molecule has 8 heteroatoms. The summed E-state index contributed by atoms with van der Waals surface area (Å²) < 4.78 is 11.3. The molecular weight excluding hydrogens is 430 g/mol. The van der Waals surface area contributed by atoms with Crippen LogP contribution in [-0.2, 0) is 4.79 Å². The van der Waals surface area contributed by atoms with E-state index in [9.17, 15) is 4.79 Å². The first-order valence-electron chi connectivity index (χ1n) is 11.4. The van der Waals surface area contributed by atoms with Crippen molar-refractivity contribution >= 4 is 11.9 Å². The number of carbonyl (C=O) groups is 1. The highest BCUT2D eigenvalue weighted by molar-refractivity contribution is 5.79. The van der Waals surface area contributed by atoms with Gasteiger partial charge in [-0.05, 0) is 61.6 Å². The van der Waals surface area contributed by atoms with Crippen molar-refractivity contribution in [2.24, 2.45) is 0 Å². The SMILES string of the molecule is COc1cc(C)ccc1OCC(=O)N1CCCC1c1nc(N(C)C)ncc1-c1ccncc1C. The van der Waals surface area contributed by atoms with Gasteiger partial charge in [-0.25, -0.2) is 9.97 Å². The van der Waals surface area contributed by atoms with Gasteiger partial charge in [0.25, 0.3) is 5.91 Å². The average Bonchev–Trinajstić information content (AvgIpc) is 3.33. The van der Waals surface area contributed by atoms with Crippen LogP contribution in [0.5, 0.6) is 11.5 Å². The number of aromatic nitrogens is 3. The molecule has 1 fully saturated rings. The topological polar surface area (TPSA) is 80.7 Å². The van der Waals surface area contributed by atoms with Crippen molar-refractivity contribution in [2.45, 2.75) is 32.7 Å². The molecule has 0 N–H and O–H groups in total. The Balaban J connectivity index is 1.63. The third-order valence-corrected chi connectivity index (χ3v) is 6.08. The number of anilines is 1. The standard InChI is InChI=1S/C26H31N5O3/c1-17-8-9-22(23(13-17)33-5)34-16-24(32)31-12-6-7-21(31)25-20(15-28-26(29-25)30(3)4)19-10-11-27-14-18(19)2/h8-11,13-15,21H,6-7,12,16H2,1-5H3. The molecule has 1 unspecified atom stereocenters. The van der Waals surface area contributed by atoms with Crippen LogP contribution in [0.15, 0.2) is 42.9 Å². The summed E-state index contributed by atoms with van der Waals surface area (Å²) in [4.78, 5) is 30.7. The molecule has 0 spiro atoms. The number of aryl methyl sites for hydroxylation is 2. The minimum Gasteiger partial charge on any atom is -0.493 e. The first-order valence-corrected chi connectivity index (χ1v) is 11.4. The molecule has 8 nitrogen and oxygen atoms in total. The van der Waals surface area contributed by atoms with Crippen LogP contribution in [-0.4, -0.2) is 60.1 Å². The number of pyridine rings is 1. The van der Waals surface area contributed by atoms with E-state index in [1.165, 1.54) is 0 Å². The second kappa shape index (κ2) is 10.1. The summed E-state index contributed by atoms with van der Waals surface area (Å²) in [6, 6.07) is 7.49. The van der Waals surface area contributed by atoms with Crippen LogP contribution >= 0.6 is 0 Å². The molecule has 1 saturated heterocycles. The maximum absolute atomic E-state index is 13.3. The molecule has 0 saturated carbocycles. The monoisotopic (exact) mass is 461 g/mol. The van der Waals surface area contributed by atoms with E-state index in [2.05, 4.69) is 9.97 Å². The molecule has 0 aliphatic carbocycles. The molecular formula is C26H31N5O3. The summed E-state index contributed by atoms with van der Waals surface area (Å²) >= 11 is 0. The van der Waals surface area contributed by atoms with Crippen molar-refractivity contribution in [2.75, 3.05) is 39.3 Å². The number of likely N-dealkylation sites (tertiary alicyclic amines) is 1. The van der Waals surface area contributed by atoms with E-state index >= 15 is 0 Å². The highest BCUT2D eigenvalue weighted by Gasteiger charge is 2.34.